The molecule has 0 radical (unpaired) electrons. The van der Waals surface area contributed by atoms with Crippen molar-refractivity contribution >= 4 is 5.97 Å². The first-order valence-corrected chi connectivity index (χ1v) is 7.19. The Morgan fingerprint density at radius 1 is 1.10 bits per heavy atom. The molecule has 0 aromatic heterocycles. The van der Waals surface area contributed by atoms with Gasteiger partial charge in [0.15, 0.2) is 0 Å². The zero-order chi connectivity index (χ0) is 15.2. The lowest BCUT2D eigenvalue weighted by Crippen LogP contribution is -2.22. The fourth-order valence-electron chi connectivity index (χ4n) is 2.37. The number of rotatable bonds is 6. The normalized spacial score (nSPS) is 10.8. The predicted molar refractivity (Wildman–Crippen MR) is 84.4 cm³/mol. The van der Waals surface area contributed by atoms with E-state index in [-0.39, 0.29) is 0 Å². The van der Waals surface area contributed by atoms with Crippen molar-refractivity contribution in [2.24, 2.45) is 0 Å². The molecule has 0 amide bonds. The van der Waals surface area contributed by atoms with Crippen molar-refractivity contribution in [1.29, 1.82) is 0 Å². The molecule has 0 saturated carbocycles. The van der Waals surface area contributed by atoms with Crippen molar-refractivity contribution in [2.75, 3.05) is 6.54 Å². The van der Waals surface area contributed by atoms with Crippen molar-refractivity contribution in [2.45, 2.75) is 26.9 Å². The number of nitrogens with zero attached hydrogens (tertiary/aromatic N) is 1. The fraction of sp³-hybridized carbons (Fsp3) is 0.278. The second kappa shape index (κ2) is 7.04. The Kier molecular flexibility index (Phi) is 5.12. The van der Waals surface area contributed by atoms with Gasteiger partial charge in [-0.3, -0.25) is 4.90 Å². The van der Waals surface area contributed by atoms with Crippen LogP contribution in [0, 0.1) is 6.92 Å². The van der Waals surface area contributed by atoms with E-state index in [4.69, 9.17) is 5.11 Å². The molecule has 21 heavy (non-hydrogen) atoms. The van der Waals surface area contributed by atoms with Crippen LogP contribution < -0.4 is 0 Å². The summed E-state index contributed by atoms with van der Waals surface area (Å²) in [6.07, 6.45) is 0. The summed E-state index contributed by atoms with van der Waals surface area (Å²) >= 11 is 0. The van der Waals surface area contributed by atoms with Gasteiger partial charge in [0.2, 0.25) is 0 Å². The molecule has 0 aliphatic rings. The van der Waals surface area contributed by atoms with Crippen molar-refractivity contribution < 1.29 is 9.90 Å². The third kappa shape index (κ3) is 4.17. The van der Waals surface area contributed by atoms with Gasteiger partial charge in [0, 0.05) is 13.1 Å². The monoisotopic (exact) mass is 283 g/mol. The fourth-order valence-corrected chi connectivity index (χ4v) is 2.37. The standard InChI is InChI=1S/C18H21NO2/c1-3-19(12-15-7-5-4-6-8-15)13-17-10-9-16(18(20)21)11-14(17)2/h4-11H,3,12-13H2,1-2H3,(H,20,21). The second-order valence-electron chi connectivity index (χ2n) is 5.24. The van der Waals surface area contributed by atoms with Gasteiger partial charge in [-0.2, -0.15) is 0 Å². The number of hydrogen-bond donors (Lipinski definition) is 1. The lowest BCUT2D eigenvalue weighted by atomic mass is 10.0. The summed E-state index contributed by atoms with van der Waals surface area (Å²) in [5.74, 6) is -0.874. The maximum Gasteiger partial charge on any atom is 0.335 e. The molecule has 3 heteroatoms. The summed E-state index contributed by atoms with van der Waals surface area (Å²) in [6.45, 7) is 6.80. The summed E-state index contributed by atoms with van der Waals surface area (Å²) in [7, 11) is 0. The van der Waals surface area contributed by atoms with E-state index in [1.54, 1.807) is 12.1 Å². The molecule has 0 saturated heterocycles. The minimum absolute atomic E-state index is 0.349. The average Bonchev–Trinajstić information content (AvgIpc) is 2.49. The van der Waals surface area contributed by atoms with Gasteiger partial charge in [0.05, 0.1) is 5.56 Å². The highest BCUT2D eigenvalue weighted by atomic mass is 16.4. The minimum Gasteiger partial charge on any atom is -0.478 e. The van der Waals surface area contributed by atoms with Gasteiger partial charge in [-0.15, -0.1) is 0 Å². The van der Waals surface area contributed by atoms with Crippen molar-refractivity contribution in [1.82, 2.24) is 4.90 Å². The van der Waals surface area contributed by atoms with Crippen LogP contribution in [0.4, 0.5) is 0 Å². The quantitative estimate of drug-likeness (QED) is 0.878. The summed E-state index contributed by atoms with van der Waals surface area (Å²) in [5.41, 5.74) is 3.85. The summed E-state index contributed by atoms with van der Waals surface area (Å²) < 4.78 is 0. The van der Waals surface area contributed by atoms with Crippen LogP contribution in [0.3, 0.4) is 0 Å². The SMILES string of the molecule is CCN(Cc1ccccc1)Cc1ccc(C(=O)O)cc1C. The van der Waals surface area contributed by atoms with Crippen LogP contribution in [-0.4, -0.2) is 22.5 Å². The first kappa shape index (κ1) is 15.3. The van der Waals surface area contributed by atoms with Crippen molar-refractivity contribution in [3.8, 4) is 0 Å². The number of carboxylic acids is 1. The summed E-state index contributed by atoms with van der Waals surface area (Å²) in [4.78, 5) is 13.3. The third-order valence-corrected chi connectivity index (χ3v) is 3.68. The molecule has 0 bridgehead atoms. The van der Waals surface area contributed by atoms with Crippen molar-refractivity contribution in [3.05, 3.63) is 70.8 Å². The Hall–Kier alpha value is -2.13. The Bertz CT molecular complexity index is 608. The molecule has 0 atom stereocenters. The topological polar surface area (TPSA) is 40.5 Å². The van der Waals surface area contributed by atoms with E-state index in [0.29, 0.717) is 5.56 Å². The highest BCUT2D eigenvalue weighted by molar-refractivity contribution is 5.87. The van der Waals surface area contributed by atoms with Crippen LogP contribution in [0.15, 0.2) is 48.5 Å². The van der Waals surface area contributed by atoms with Gasteiger partial charge < -0.3 is 5.11 Å². The number of aryl methyl sites for hydroxylation is 1. The molecule has 2 aromatic carbocycles. The van der Waals surface area contributed by atoms with Crippen LogP contribution in [0.25, 0.3) is 0 Å². The van der Waals surface area contributed by atoms with Crippen LogP contribution in [0.5, 0.6) is 0 Å². The van der Waals surface area contributed by atoms with E-state index in [2.05, 4.69) is 36.1 Å². The van der Waals surface area contributed by atoms with E-state index < -0.39 is 5.97 Å². The Labute approximate surface area is 125 Å². The molecule has 0 aliphatic heterocycles. The molecule has 0 fully saturated rings. The van der Waals surface area contributed by atoms with Crippen LogP contribution in [0.2, 0.25) is 0 Å². The molecule has 3 nitrogen and oxygen atoms in total. The third-order valence-electron chi connectivity index (χ3n) is 3.68. The molecule has 0 unspecified atom stereocenters. The molecular weight excluding hydrogens is 262 g/mol. The highest BCUT2D eigenvalue weighted by Gasteiger charge is 2.09. The lowest BCUT2D eigenvalue weighted by molar-refractivity contribution is 0.0696. The molecule has 110 valence electrons. The van der Waals surface area contributed by atoms with Crippen LogP contribution in [0.1, 0.15) is 34.0 Å². The van der Waals surface area contributed by atoms with E-state index in [0.717, 1.165) is 25.2 Å². The van der Waals surface area contributed by atoms with Gasteiger partial charge in [-0.1, -0.05) is 43.3 Å². The lowest BCUT2D eigenvalue weighted by Gasteiger charge is -2.21. The average molecular weight is 283 g/mol. The zero-order valence-electron chi connectivity index (χ0n) is 12.5. The Balaban J connectivity index is 2.10. The highest BCUT2D eigenvalue weighted by Crippen LogP contribution is 2.15. The number of benzene rings is 2. The Morgan fingerprint density at radius 2 is 1.81 bits per heavy atom. The van der Waals surface area contributed by atoms with Gasteiger partial charge >= 0.3 is 5.97 Å². The largest absolute Gasteiger partial charge is 0.478 e. The predicted octanol–water partition coefficient (Wildman–Crippen LogP) is 3.72. The van der Waals surface area contributed by atoms with Gasteiger partial charge in [0.25, 0.3) is 0 Å². The first-order chi connectivity index (χ1) is 10.1. The zero-order valence-corrected chi connectivity index (χ0v) is 12.5. The van der Waals surface area contributed by atoms with Crippen molar-refractivity contribution in [3.63, 3.8) is 0 Å². The smallest absolute Gasteiger partial charge is 0.335 e. The molecule has 1 N–H and O–H groups in total. The van der Waals surface area contributed by atoms with Gasteiger partial charge in [-0.25, -0.2) is 4.79 Å². The van der Waals surface area contributed by atoms with Crippen LogP contribution in [-0.2, 0) is 13.1 Å². The second-order valence-corrected chi connectivity index (χ2v) is 5.24. The van der Waals surface area contributed by atoms with Gasteiger partial charge in [-0.05, 0) is 42.3 Å². The molecule has 2 rings (SSSR count). The molecular formula is C18H21NO2. The number of hydrogen-bond acceptors (Lipinski definition) is 2. The molecule has 0 aliphatic carbocycles. The maximum atomic E-state index is 11.0. The van der Waals surface area contributed by atoms with E-state index in [1.165, 1.54) is 11.1 Å². The molecule has 2 aromatic rings. The summed E-state index contributed by atoms with van der Waals surface area (Å²) in [6, 6.07) is 15.7. The minimum atomic E-state index is -0.874. The van der Waals surface area contributed by atoms with Crippen LogP contribution >= 0.6 is 0 Å². The maximum absolute atomic E-state index is 11.0. The molecule has 0 spiro atoms. The number of aromatic carboxylic acids is 1. The molecule has 0 heterocycles. The Morgan fingerprint density at radius 3 is 2.38 bits per heavy atom. The van der Waals surface area contributed by atoms with Gasteiger partial charge in [0.1, 0.15) is 0 Å². The first-order valence-electron chi connectivity index (χ1n) is 7.19. The van der Waals surface area contributed by atoms with E-state index in [9.17, 15) is 4.79 Å². The van der Waals surface area contributed by atoms with E-state index >= 15 is 0 Å². The van der Waals surface area contributed by atoms with E-state index in [1.807, 2.05) is 19.1 Å². The number of carbonyl (C=O) groups is 1. The number of carboxylic acid groups (broad SMARTS) is 1. The summed E-state index contributed by atoms with van der Waals surface area (Å²) in [5, 5.41) is 9.01.